The highest BCUT2D eigenvalue weighted by Crippen LogP contribution is 2.17. The molecule has 5 nitrogen and oxygen atoms in total. The third-order valence-electron chi connectivity index (χ3n) is 3.69. The Bertz CT molecular complexity index is 915. The van der Waals surface area contributed by atoms with Crippen molar-refractivity contribution in [1.29, 1.82) is 0 Å². The van der Waals surface area contributed by atoms with E-state index in [9.17, 15) is 9.59 Å². The van der Waals surface area contributed by atoms with Crippen LogP contribution in [0.25, 0.3) is 0 Å². The molecule has 1 N–H and O–H groups in total. The van der Waals surface area contributed by atoms with Crippen LogP contribution in [0.15, 0.2) is 53.9 Å². The molecule has 1 amide bonds. The van der Waals surface area contributed by atoms with Crippen molar-refractivity contribution in [3.05, 3.63) is 75.7 Å². The smallest absolute Gasteiger partial charge is 0.255 e. The zero-order valence-electron chi connectivity index (χ0n) is 14.5. The Morgan fingerprint density at radius 1 is 1.04 bits per heavy atom. The molecule has 0 radical (unpaired) electrons. The fraction of sp³-hybridized carbons (Fsp3) is 0.150. The van der Waals surface area contributed by atoms with Crippen molar-refractivity contribution in [2.75, 3.05) is 5.32 Å². The summed E-state index contributed by atoms with van der Waals surface area (Å²) in [5.41, 5.74) is 2.76. The van der Waals surface area contributed by atoms with Gasteiger partial charge in [0.15, 0.2) is 5.78 Å². The Morgan fingerprint density at radius 3 is 2.27 bits per heavy atom. The van der Waals surface area contributed by atoms with Crippen LogP contribution in [0, 0.1) is 6.92 Å². The van der Waals surface area contributed by atoms with E-state index in [1.54, 1.807) is 59.9 Å². The van der Waals surface area contributed by atoms with Crippen LogP contribution in [0.3, 0.4) is 0 Å². The topological polar surface area (TPSA) is 68.3 Å². The molecule has 0 aliphatic carbocycles. The van der Waals surface area contributed by atoms with Crippen LogP contribution in [0.2, 0.25) is 0 Å². The highest BCUT2D eigenvalue weighted by atomic mass is 32.1. The third-order valence-corrected chi connectivity index (χ3v) is 4.63. The first-order valence-corrected chi connectivity index (χ1v) is 8.95. The second-order valence-corrected chi connectivity index (χ2v) is 6.73. The molecular weight excluding hydrogens is 348 g/mol. The molecule has 3 rings (SSSR count). The molecule has 0 atom stereocenters. The molecule has 0 saturated carbocycles. The minimum Gasteiger partial charge on any atom is -0.486 e. The zero-order chi connectivity index (χ0) is 18.5. The van der Waals surface area contributed by atoms with Gasteiger partial charge in [0.05, 0.1) is 0 Å². The van der Waals surface area contributed by atoms with Gasteiger partial charge in [-0.25, -0.2) is 4.98 Å². The predicted molar refractivity (Wildman–Crippen MR) is 102 cm³/mol. The molecule has 0 aliphatic rings. The summed E-state index contributed by atoms with van der Waals surface area (Å²) in [5.74, 6) is 0.453. The quantitative estimate of drug-likeness (QED) is 0.653. The number of aromatic nitrogens is 1. The second kappa shape index (κ2) is 7.93. The molecule has 1 aromatic heterocycles. The molecule has 2 aromatic carbocycles. The number of amides is 1. The number of benzene rings is 2. The number of rotatable bonds is 6. The van der Waals surface area contributed by atoms with E-state index in [1.165, 1.54) is 6.92 Å². The lowest BCUT2D eigenvalue weighted by Gasteiger charge is -2.07. The first-order valence-electron chi connectivity index (χ1n) is 8.07. The molecule has 26 heavy (non-hydrogen) atoms. The summed E-state index contributed by atoms with van der Waals surface area (Å²) < 4.78 is 5.68. The number of carbonyl (C=O) groups excluding carboxylic acids is 2. The van der Waals surface area contributed by atoms with Crippen molar-refractivity contribution in [3.8, 4) is 5.75 Å². The Balaban J connectivity index is 1.58. The van der Waals surface area contributed by atoms with E-state index in [-0.39, 0.29) is 11.7 Å². The van der Waals surface area contributed by atoms with Crippen molar-refractivity contribution in [2.45, 2.75) is 20.5 Å². The number of ketones is 1. The van der Waals surface area contributed by atoms with Crippen molar-refractivity contribution in [1.82, 2.24) is 4.98 Å². The number of Topliss-reactive ketones (excluding diaryl/α,β-unsaturated/α-hetero) is 1. The molecule has 1 heterocycles. The van der Waals surface area contributed by atoms with Crippen molar-refractivity contribution in [2.24, 2.45) is 0 Å². The normalized spacial score (nSPS) is 10.4. The van der Waals surface area contributed by atoms with Gasteiger partial charge in [-0.1, -0.05) is 0 Å². The minimum atomic E-state index is -0.220. The fourth-order valence-electron chi connectivity index (χ4n) is 2.31. The van der Waals surface area contributed by atoms with E-state index in [4.69, 9.17) is 4.74 Å². The summed E-state index contributed by atoms with van der Waals surface area (Å²) in [4.78, 5) is 27.9. The maximum atomic E-state index is 12.3. The lowest BCUT2D eigenvalue weighted by atomic mass is 10.1. The predicted octanol–water partition coefficient (Wildman–Crippen LogP) is 4.49. The molecule has 0 fully saturated rings. The average molecular weight is 366 g/mol. The van der Waals surface area contributed by atoms with Gasteiger partial charge in [0.25, 0.3) is 5.91 Å². The van der Waals surface area contributed by atoms with E-state index >= 15 is 0 Å². The highest BCUT2D eigenvalue weighted by molar-refractivity contribution is 7.09. The van der Waals surface area contributed by atoms with Gasteiger partial charge in [-0.05, 0) is 62.4 Å². The van der Waals surface area contributed by atoms with Crippen LogP contribution in [0.5, 0.6) is 5.75 Å². The summed E-state index contributed by atoms with van der Waals surface area (Å²) in [7, 11) is 0. The second-order valence-electron chi connectivity index (χ2n) is 5.78. The number of thiazole rings is 1. The van der Waals surface area contributed by atoms with Crippen LogP contribution < -0.4 is 10.1 Å². The minimum absolute atomic E-state index is 0.00799. The number of hydrogen-bond acceptors (Lipinski definition) is 5. The molecule has 132 valence electrons. The summed E-state index contributed by atoms with van der Waals surface area (Å²) in [6.07, 6.45) is 0. The first-order chi connectivity index (χ1) is 12.5. The highest BCUT2D eigenvalue weighted by Gasteiger charge is 2.08. The molecule has 0 saturated heterocycles. The maximum Gasteiger partial charge on any atom is 0.255 e. The number of nitrogens with zero attached hydrogens (tertiary/aromatic N) is 1. The average Bonchev–Trinajstić information content (AvgIpc) is 3.06. The first kappa shape index (κ1) is 17.8. The lowest BCUT2D eigenvalue weighted by Crippen LogP contribution is -2.11. The van der Waals surface area contributed by atoms with Crippen molar-refractivity contribution in [3.63, 3.8) is 0 Å². The van der Waals surface area contributed by atoms with E-state index in [0.717, 1.165) is 10.7 Å². The summed E-state index contributed by atoms with van der Waals surface area (Å²) in [6.45, 7) is 3.86. The van der Waals surface area contributed by atoms with Gasteiger partial charge >= 0.3 is 0 Å². The third kappa shape index (κ3) is 4.55. The Kier molecular flexibility index (Phi) is 5.43. The number of nitrogens with one attached hydrogen (secondary N) is 1. The molecule has 0 spiro atoms. The molecule has 6 heteroatoms. The Labute approximate surface area is 155 Å². The van der Waals surface area contributed by atoms with Crippen LogP contribution in [-0.2, 0) is 6.61 Å². The monoisotopic (exact) mass is 366 g/mol. The zero-order valence-corrected chi connectivity index (χ0v) is 15.3. The van der Waals surface area contributed by atoms with Gasteiger partial charge in [-0.3, -0.25) is 9.59 Å². The summed E-state index contributed by atoms with van der Waals surface area (Å²) >= 11 is 1.56. The van der Waals surface area contributed by atoms with E-state index in [0.29, 0.717) is 29.2 Å². The number of hydrogen-bond donors (Lipinski definition) is 1. The van der Waals surface area contributed by atoms with E-state index < -0.39 is 0 Å². The molecule has 3 aromatic rings. The molecule has 0 bridgehead atoms. The maximum absolute atomic E-state index is 12.3. The van der Waals surface area contributed by atoms with Gasteiger partial charge in [0, 0.05) is 27.9 Å². The molecule has 0 aliphatic heterocycles. The van der Waals surface area contributed by atoms with E-state index in [1.807, 2.05) is 12.3 Å². The van der Waals surface area contributed by atoms with Gasteiger partial charge < -0.3 is 10.1 Å². The van der Waals surface area contributed by atoms with Crippen LogP contribution >= 0.6 is 11.3 Å². The SMILES string of the molecule is CC(=O)c1ccc(NC(=O)c2ccc(OCc3nc(C)cs3)cc2)cc1. The van der Waals surface area contributed by atoms with Crippen molar-refractivity contribution >= 4 is 28.7 Å². The van der Waals surface area contributed by atoms with Gasteiger partial charge in [-0.15, -0.1) is 11.3 Å². The largest absolute Gasteiger partial charge is 0.486 e. The standard InChI is InChI=1S/C20H18N2O3S/c1-13-12-26-19(21-13)11-25-18-9-5-16(6-10-18)20(24)22-17-7-3-15(4-8-17)14(2)23/h3-10,12H,11H2,1-2H3,(H,22,24). The van der Waals surface area contributed by atoms with Crippen LogP contribution in [0.1, 0.15) is 38.3 Å². The van der Waals surface area contributed by atoms with Crippen LogP contribution in [-0.4, -0.2) is 16.7 Å². The van der Waals surface area contributed by atoms with E-state index in [2.05, 4.69) is 10.3 Å². The van der Waals surface area contributed by atoms with Crippen LogP contribution in [0.4, 0.5) is 5.69 Å². The van der Waals surface area contributed by atoms with Gasteiger partial charge in [0.1, 0.15) is 17.4 Å². The van der Waals surface area contributed by atoms with Gasteiger partial charge in [0.2, 0.25) is 0 Å². The van der Waals surface area contributed by atoms with Gasteiger partial charge in [-0.2, -0.15) is 0 Å². The number of ether oxygens (including phenoxy) is 1. The molecular formula is C20H18N2O3S. The number of anilines is 1. The fourth-order valence-corrected chi connectivity index (χ4v) is 2.99. The lowest BCUT2D eigenvalue weighted by molar-refractivity contribution is 0.101. The summed E-state index contributed by atoms with van der Waals surface area (Å²) in [5, 5.41) is 5.70. The molecule has 0 unspecified atom stereocenters. The van der Waals surface area contributed by atoms with Crippen molar-refractivity contribution < 1.29 is 14.3 Å². The number of carbonyl (C=O) groups is 2. The Hall–Kier alpha value is -2.99. The Morgan fingerprint density at radius 2 is 1.69 bits per heavy atom. The number of aryl methyl sites for hydroxylation is 1. The summed E-state index contributed by atoms with van der Waals surface area (Å²) in [6, 6.07) is 13.7.